The number of aromatic nitrogens is 5. The lowest BCUT2D eigenvalue weighted by Crippen LogP contribution is -2.24. The van der Waals surface area contributed by atoms with Crippen molar-refractivity contribution in [1.29, 1.82) is 0 Å². The maximum Gasteiger partial charge on any atom is 0.230 e. The first-order valence-corrected chi connectivity index (χ1v) is 7.19. The maximum absolute atomic E-state index is 6.07. The van der Waals surface area contributed by atoms with Crippen molar-refractivity contribution in [2.45, 2.75) is 13.8 Å². The summed E-state index contributed by atoms with van der Waals surface area (Å²) < 4.78 is 1.93. The number of fused-ring (bicyclic) bond motifs is 1. The molecule has 0 radical (unpaired) electrons. The average molecular weight is 303 g/mol. The lowest BCUT2D eigenvalue weighted by molar-refractivity contribution is 0.812. The van der Waals surface area contributed by atoms with E-state index in [1.807, 2.05) is 33.7 Å². The van der Waals surface area contributed by atoms with Crippen LogP contribution in [-0.4, -0.2) is 37.4 Å². The Bertz CT molecular complexity index is 765. The van der Waals surface area contributed by atoms with E-state index >= 15 is 0 Å². The number of rotatable bonds is 4. The van der Waals surface area contributed by atoms with Gasteiger partial charge in [0.2, 0.25) is 11.2 Å². The molecule has 0 spiro atoms. The summed E-state index contributed by atoms with van der Waals surface area (Å²) in [5.41, 5.74) is 1.68. The molecule has 3 rings (SSSR count). The van der Waals surface area contributed by atoms with Crippen LogP contribution >= 0.6 is 11.6 Å². The Hall–Kier alpha value is -2.21. The lowest BCUT2D eigenvalue weighted by Gasteiger charge is -2.18. The van der Waals surface area contributed by atoms with E-state index in [0.717, 1.165) is 24.4 Å². The summed E-state index contributed by atoms with van der Waals surface area (Å²) >= 11 is 6.07. The molecule has 0 aliphatic carbocycles. The molecule has 3 aromatic heterocycles. The summed E-state index contributed by atoms with van der Waals surface area (Å²) in [6.45, 7) is 5.73. The molecule has 0 bridgehead atoms. The number of hydrogen-bond acceptors (Lipinski definition) is 5. The Kier molecular flexibility index (Phi) is 3.70. The summed E-state index contributed by atoms with van der Waals surface area (Å²) in [6.07, 6.45) is 3.62. The zero-order chi connectivity index (χ0) is 14.8. The molecule has 0 aliphatic rings. The predicted octanol–water partition coefficient (Wildman–Crippen LogP) is 2.69. The van der Waals surface area contributed by atoms with Crippen LogP contribution in [0.2, 0.25) is 5.28 Å². The van der Waals surface area contributed by atoms with Crippen LogP contribution in [0.5, 0.6) is 0 Å². The van der Waals surface area contributed by atoms with E-state index in [2.05, 4.69) is 33.8 Å². The van der Waals surface area contributed by atoms with E-state index in [4.69, 9.17) is 11.6 Å². The minimum absolute atomic E-state index is 0.194. The third kappa shape index (κ3) is 2.54. The smallest absolute Gasteiger partial charge is 0.230 e. The van der Waals surface area contributed by atoms with Crippen molar-refractivity contribution in [1.82, 2.24) is 24.3 Å². The highest BCUT2D eigenvalue weighted by molar-refractivity contribution is 6.28. The minimum atomic E-state index is 0.194. The van der Waals surface area contributed by atoms with E-state index in [1.54, 1.807) is 6.20 Å². The van der Waals surface area contributed by atoms with Crippen LogP contribution in [0.3, 0.4) is 0 Å². The quantitative estimate of drug-likeness (QED) is 0.741. The summed E-state index contributed by atoms with van der Waals surface area (Å²) in [5, 5.41) is 0.194. The van der Waals surface area contributed by atoms with Gasteiger partial charge in [-0.1, -0.05) is 6.07 Å². The zero-order valence-corrected chi connectivity index (χ0v) is 12.6. The van der Waals surface area contributed by atoms with Crippen LogP contribution in [0.25, 0.3) is 17.2 Å². The number of halogens is 1. The maximum atomic E-state index is 6.07. The predicted molar refractivity (Wildman–Crippen MR) is 82.6 cm³/mol. The van der Waals surface area contributed by atoms with Gasteiger partial charge in [-0.3, -0.25) is 4.40 Å². The van der Waals surface area contributed by atoms with Gasteiger partial charge < -0.3 is 4.90 Å². The van der Waals surface area contributed by atoms with Crippen LogP contribution in [0, 0.1) is 0 Å². The van der Waals surface area contributed by atoms with Crippen LogP contribution in [0.4, 0.5) is 5.95 Å². The molecule has 108 valence electrons. The summed E-state index contributed by atoms with van der Waals surface area (Å²) in [6, 6.07) is 5.79. The van der Waals surface area contributed by atoms with Crippen LogP contribution in [-0.2, 0) is 0 Å². The van der Waals surface area contributed by atoms with Gasteiger partial charge in [-0.15, -0.1) is 0 Å². The van der Waals surface area contributed by atoms with E-state index in [9.17, 15) is 0 Å². The number of anilines is 1. The minimum Gasteiger partial charge on any atom is -0.341 e. The average Bonchev–Trinajstić information content (AvgIpc) is 2.96. The highest BCUT2D eigenvalue weighted by Gasteiger charge is 2.13. The van der Waals surface area contributed by atoms with E-state index < -0.39 is 0 Å². The van der Waals surface area contributed by atoms with Gasteiger partial charge in [0.05, 0.1) is 5.69 Å². The van der Waals surface area contributed by atoms with Crippen molar-refractivity contribution in [3.8, 4) is 11.5 Å². The van der Waals surface area contributed by atoms with Crippen molar-refractivity contribution < 1.29 is 0 Å². The van der Waals surface area contributed by atoms with Crippen LogP contribution in [0.15, 0.2) is 30.6 Å². The second-order valence-electron chi connectivity index (χ2n) is 4.47. The van der Waals surface area contributed by atoms with Gasteiger partial charge in [0, 0.05) is 25.5 Å². The number of hydrogen-bond donors (Lipinski definition) is 0. The third-order valence-electron chi connectivity index (χ3n) is 3.30. The fourth-order valence-corrected chi connectivity index (χ4v) is 2.39. The van der Waals surface area contributed by atoms with E-state index in [0.29, 0.717) is 11.8 Å². The molecule has 0 atom stereocenters. The molecule has 0 aromatic carbocycles. The lowest BCUT2D eigenvalue weighted by atomic mass is 10.3. The summed E-state index contributed by atoms with van der Waals surface area (Å²) in [7, 11) is 0. The Morgan fingerprint density at radius 3 is 2.71 bits per heavy atom. The molecule has 3 heterocycles. The topological polar surface area (TPSA) is 59.2 Å². The largest absolute Gasteiger partial charge is 0.341 e. The molecule has 21 heavy (non-hydrogen) atoms. The zero-order valence-electron chi connectivity index (χ0n) is 11.9. The van der Waals surface area contributed by atoms with Crippen molar-refractivity contribution >= 4 is 23.2 Å². The van der Waals surface area contributed by atoms with Gasteiger partial charge in [0.15, 0.2) is 5.82 Å². The Labute approximate surface area is 127 Å². The normalized spacial score (nSPS) is 11.0. The van der Waals surface area contributed by atoms with E-state index in [-0.39, 0.29) is 5.28 Å². The standard InChI is InChI=1S/C14H15ClN6/c1-3-20(4-2)14-18-12(17-13(15)19-14)10-6-5-7-11-16-8-9-21(10)11/h5-9H,3-4H2,1-2H3. The summed E-state index contributed by atoms with van der Waals surface area (Å²) in [5.74, 6) is 1.13. The second kappa shape index (κ2) is 5.65. The van der Waals surface area contributed by atoms with Gasteiger partial charge in [0.25, 0.3) is 0 Å². The Morgan fingerprint density at radius 1 is 1.14 bits per heavy atom. The highest BCUT2D eigenvalue weighted by atomic mass is 35.5. The van der Waals surface area contributed by atoms with Crippen LogP contribution < -0.4 is 4.90 Å². The molecule has 0 unspecified atom stereocenters. The molecule has 0 N–H and O–H groups in total. The summed E-state index contributed by atoms with van der Waals surface area (Å²) in [4.78, 5) is 19.3. The first-order valence-electron chi connectivity index (χ1n) is 6.82. The molecule has 3 aromatic rings. The Morgan fingerprint density at radius 2 is 1.95 bits per heavy atom. The van der Waals surface area contributed by atoms with Gasteiger partial charge >= 0.3 is 0 Å². The molecule has 0 amide bonds. The van der Waals surface area contributed by atoms with Gasteiger partial charge in [-0.05, 0) is 37.6 Å². The SMILES string of the molecule is CCN(CC)c1nc(Cl)nc(-c2cccc3nccn23)n1. The molecule has 0 saturated heterocycles. The molecule has 0 saturated carbocycles. The molecular weight excluding hydrogens is 288 g/mol. The third-order valence-corrected chi connectivity index (χ3v) is 3.47. The fourth-order valence-electron chi connectivity index (χ4n) is 2.23. The molecular formula is C14H15ClN6. The van der Waals surface area contributed by atoms with E-state index in [1.165, 1.54) is 0 Å². The van der Waals surface area contributed by atoms with Crippen molar-refractivity contribution in [3.63, 3.8) is 0 Å². The first-order chi connectivity index (χ1) is 10.2. The van der Waals surface area contributed by atoms with Gasteiger partial charge in [0.1, 0.15) is 5.65 Å². The van der Waals surface area contributed by atoms with Crippen molar-refractivity contribution in [3.05, 3.63) is 35.9 Å². The van der Waals surface area contributed by atoms with Gasteiger partial charge in [-0.2, -0.15) is 15.0 Å². The van der Waals surface area contributed by atoms with Crippen LogP contribution in [0.1, 0.15) is 13.8 Å². The molecule has 0 aliphatic heterocycles. The fraction of sp³-hybridized carbons (Fsp3) is 0.286. The van der Waals surface area contributed by atoms with Crippen molar-refractivity contribution in [2.24, 2.45) is 0 Å². The first kappa shape index (κ1) is 13.8. The highest BCUT2D eigenvalue weighted by Crippen LogP contribution is 2.20. The number of nitrogens with zero attached hydrogens (tertiary/aromatic N) is 6. The molecule has 6 nitrogen and oxygen atoms in total. The van der Waals surface area contributed by atoms with Crippen molar-refractivity contribution in [2.75, 3.05) is 18.0 Å². The Balaban J connectivity index is 2.16. The monoisotopic (exact) mass is 302 g/mol. The second-order valence-corrected chi connectivity index (χ2v) is 4.80. The van der Waals surface area contributed by atoms with Gasteiger partial charge in [-0.25, -0.2) is 4.98 Å². The number of imidazole rings is 1. The molecule has 0 fully saturated rings. The molecule has 7 heteroatoms. The number of pyridine rings is 1.